The molecule has 0 fully saturated rings. The molecule has 0 saturated carbocycles. The molecule has 0 radical (unpaired) electrons. The van der Waals surface area contributed by atoms with Crippen molar-refractivity contribution >= 4 is 29.1 Å². The smallest absolute Gasteiger partial charge is 0.313 e. The molecule has 0 aliphatic carbocycles. The van der Waals surface area contributed by atoms with E-state index in [1.165, 1.54) is 7.11 Å². The first-order valence-electron chi connectivity index (χ1n) is 8.96. The van der Waals surface area contributed by atoms with Crippen LogP contribution in [0.15, 0.2) is 30.3 Å². The summed E-state index contributed by atoms with van der Waals surface area (Å²) in [6.45, 7) is 7.95. The van der Waals surface area contributed by atoms with Crippen LogP contribution in [-0.4, -0.2) is 25.5 Å². The minimum Gasteiger partial charge on any atom is -0.495 e. The van der Waals surface area contributed by atoms with Crippen molar-refractivity contribution in [3.8, 4) is 11.5 Å². The van der Waals surface area contributed by atoms with Crippen LogP contribution < -0.4 is 20.1 Å². The van der Waals surface area contributed by atoms with Crippen molar-refractivity contribution in [3.05, 3.63) is 52.0 Å². The van der Waals surface area contributed by atoms with Crippen LogP contribution in [0.2, 0.25) is 5.02 Å². The van der Waals surface area contributed by atoms with Crippen LogP contribution in [0.1, 0.15) is 36.6 Å². The fourth-order valence-electron chi connectivity index (χ4n) is 2.74. The lowest BCUT2D eigenvalue weighted by Gasteiger charge is -2.19. The monoisotopic (exact) mass is 404 g/mol. The molecule has 0 saturated heterocycles. The van der Waals surface area contributed by atoms with Crippen molar-refractivity contribution in [1.29, 1.82) is 0 Å². The lowest BCUT2D eigenvalue weighted by molar-refractivity contribution is -0.136. The number of rotatable bonds is 6. The van der Waals surface area contributed by atoms with E-state index in [9.17, 15) is 9.59 Å². The molecule has 150 valence electrons. The lowest BCUT2D eigenvalue weighted by Crippen LogP contribution is -2.37. The van der Waals surface area contributed by atoms with E-state index in [1.807, 2.05) is 32.0 Å². The molecule has 2 aromatic rings. The number of amides is 2. The van der Waals surface area contributed by atoms with Gasteiger partial charge in [-0.05, 0) is 45.4 Å². The second kappa shape index (κ2) is 9.46. The Hall–Kier alpha value is -2.73. The van der Waals surface area contributed by atoms with E-state index in [2.05, 4.69) is 10.6 Å². The molecule has 6 nitrogen and oxygen atoms in total. The van der Waals surface area contributed by atoms with Crippen LogP contribution in [-0.2, 0) is 9.59 Å². The first-order valence-corrected chi connectivity index (χ1v) is 9.33. The molecule has 2 N–H and O–H groups in total. The van der Waals surface area contributed by atoms with Crippen LogP contribution in [0.4, 0.5) is 5.69 Å². The molecule has 0 bridgehead atoms. The van der Waals surface area contributed by atoms with Crippen molar-refractivity contribution in [2.45, 2.75) is 33.7 Å². The molecule has 0 aliphatic rings. The fourth-order valence-corrected chi connectivity index (χ4v) is 2.90. The van der Waals surface area contributed by atoms with Crippen LogP contribution >= 0.6 is 11.6 Å². The van der Waals surface area contributed by atoms with Crippen molar-refractivity contribution in [2.24, 2.45) is 0 Å². The molecular formula is C21H25ClN2O4. The van der Waals surface area contributed by atoms with Gasteiger partial charge in [-0.25, -0.2) is 0 Å². The van der Waals surface area contributed by atoms with Gasteiger partial charge in [0, 0.05) is 16.7 Å². The molecule has 1 unspecified atom stereocenters. The number of aryl methyl sites for hydroxylation is 2. The molecule has 1 atom stereocenters. The average molecular weight is 405 g/mol. The Morgan fingerprint density at radius 2 is 1.82 bits per heavy atom. The zero-order valence-corrected chi connectivity index (χ0v) is 17.4. The zero-order chi connectivity index (χ0) is 20.8. The number of hydrogen-bond acceptors (Lipinski definition) is 4. The lowest BCUT2D eigenvalue weighted by atomic mass is 10.0. The molecule has 0 aliphatic heterocycles. The Kier molecular flexibility index (Phi) is 7.29. The van der Waals surface area contributed by atoms with Gasteiger partial charge in [0.15, 0.2) is 0 Å². The van der Waals surface area contributed by atoms with Gasteiger partial charge in [0.05, 0.1) is 25.4 Å². The predicted octanol–water partition coefficient (Wildman–Crippen LogP) is 4.18. The summed E-state index contributed by atoms with van der Waals surface area (Å²) in [6, 6.07) is 8.56. The number of carbonyl (C=O) groups is 2. The maximum Gasteiger partial charge on any atom is 0.313 e. The Bertz CT molecular complexity index is 883. The molecular weight excluding hydrogens is 380 g/mol. The third-order valence-corrected chi connectivity index (χ3v) is 4.62. The minimum atomic E-state index is -0.794. The number of nitrogens with one attached hydrogen (secondary N) is 2. The van der Waals surface area contributed by atoms with Gasteiger partial charge in [-0.2, -0.15) is 0 Å². The standard InChI is InChI=1S/C21H25ClN2O4/c1-6-28-18-8-7-12(2)9-15(18)14(4)23-20(25)21(26)24-17-10-13(3)16(22)11-19(17)27-5/h7-11,14H,6H2,1-5H3,(H,23,25)(H,24,26). The predicted molar refractivity (Wildman–Crippen MR) is 110 cm³/mol. The quantitative estimate of drug-likeness (QED) is 0.708. The molecule has 2 rings (SSSR count). The van der Waals surface area contributed by atoms with E-state index in [-0.39, 0.29) is 0 Å². The van der Waals surface area contributed by atoms with Crippen LogP contribution in [0.25, 0.3) is 0 Å². The average Bonchev–Trinajstić information content (AvgIpc) is 2.65. The molecule has 0 heterocycles. The number of carbonyl (C=O) groups excluding carboxylic acids is 2. The zero-order valence-electron chi connectivity index (χ0n) is 16.7. The Labute approximate surface area is 170 Å². The topological polar surface area (TPSA) is 76.7 Å². The number of halogens is 1. The van der Waals surface area contributed by atoms with Gasteiger partial charge in [-0.15, -0.1) is 0 Å². The number of ether oxygens (including phenoxy) is 2. The summed E-state index contributed by atoms with van der Waals surface area (Å²) < 4.78 is 10.8. The molecule has 2 amide bonds. The van der Waals surface area contributed by atoms with E-state index in [1.54, 1.807) is 26.0 Å². The molecule has 0 spiro atoms. The number of anilines is 1. The van der Waals surface area contributed by atoms with Crippen LogP contribution in [0.5, 0.6) is 11.5 Å². The number of benzene rings is 2. The van der Waals surface area contributed by atoms with Crippen molar-refractivity contribution in [2.75, 3.05) is 19.0 Å². The summed E-state index contributed by atoms with van der Waals surface area (Å²) >= 11 is 6.07. The summed E-state index contributed by atoms with van der Waals surface area (Å²) in [4.78, 5) is 24.8. The highest BCUT2D eigenvalue weighted by atomic mass is 35.5. The SMILES string of the molecule is CCOc1ccc(C)cc1C(C)NC(=O)C(=O)Nc1cc(C)c(Cl)cc1OC. The van der Waals surface area contributed by atoms with E-state index in [0.29, 0.717) is 28.8 Å². The summed E-state index contributed by atoms with van der Waals surface area (Å²) in [5, 5.41) is 5.79. The minimum absolute atomic E-state index is 0.377. The molecule has 7 heteroatoms. The number of hydrogen-bond donors (Lipinski definition) is 2. The van der Waals surface area contributed by atoms with E-state index >= 15 is 0 Å². The van der Waals surface area contributed by atoms with Gasteiger partial charge in [0.2, 0.25) is 0 Å². The highest BCUT2D eigenvalue weighted by Crippen LogP contribution is 2.31. The maximum absolute atomic E-state index is 12.4. The van der Waals surface area contributed by atoms with Crippen LogP contribution in [0.3, 0.4) is 0 Å². The number of methoxy groups -OCH3 is 1. The summed E-state index contributed by atoms with van der Waals surface area (Å²) in [7, 11) is 1.46. The van der Waals surface area contributed by atoms with Gasteiger partial charge in [-0.3, -0.25) is 9.59 Å². The normalized spacial score (nSPS) is 11.5. The molecule has 0 aromatic heterocycles. The first-order chi connectivity index (χ1) is 13.3. The third-order valence-electron chi connectivity index (χ3n) is 4.21. The van der Waals surface area contributed by atoms with E-state index in [4.69, 9.17) is 21.1 Å². The second-order valence-corrected chi connectivity index (χ2v) is 6.83. The molecule has 28 heavy (non-hydrogen) atoms. The van der Waals surface area contributed by atoms with E-state index in [0.717, 1.165) is 16.7 Å². The summed E-state index contributed by atoms with van der Waals surface area (Å²) in [5.74, 6) is -0.498. The summed E-state index contributed by atoms with van der Waals surface area (Å²) in [6.07, 6.45) is 0. The highest BCUT2D eigenvalue weighted by Gasteiger charge is 2.21. The maximum atomic E-state index is 12.4. The van der Waals surface area contributed by atoms with Gasteiger partial charge in [0.1, 0.15) is 11.5 Å². The molecule has 2 aromatic carbocycles. The Balaban J connectivity index is 2.14. The van der Waals surface area contributed by atoms with Crippen molar-refractivity contribution < 1.29 is 19.1 Å². The third kappa shape index (κ3) is 5.16. The Morgan fingerprint density at radius 3 is 2.46 bits per heavy atom. The summed E-state index contributed by atoms with van der Waals surface area (Å²) in [5.41, 5.74) is 2.98. The van der Waals surface area contributed by atoms with Crippen molar-refractivity contribution in [1.82, 2.24) is 5.32 Å². The van der Waals surface area contributed by atoms with Crippen molar-refractivity contribution in [3.63, 3.8) is 0 Å². The van der Waals surface area contributed by atoms with Gasteiger partial charge in [-0.1, -0.05) is 29.3 Å². The second-order valence-electron chi connectivity index (χ2n) is 6.43. The fraction of sp³-hybridized carbons (Fsp3) is 0.333. The Morgan fingerprint density at radius 1 is 1.11 bits per heavy atom. The van der Waals surface area contributed by atoms with Gasteiger partial charge >= 0.3 is 11.8 Å². The van der Waals surface area contributed by atoms with Gasteiger partial charge < -0.3 is 20.1 Å². The van der Waals surface area contributed by atoms with E-state index < -0.39 is 17.9 Å². The highest BCUT2D eigenvalue weighted by molar-refractivity contribution is 6.40. The largest absolute Gasteiger partial charge is 0.495 e. The van der Waals surface area contributed by atoms with Crippen LogP contribution in [0, 0.1) is 13.8 Å². The van der Waals surface area contributed by atoms with Gasteiger partial charge in [0.25, 0.3) is 0 Å². The first kappa shape index (κ1) is 21.6.